The molecular weight excluding hydrogens is 440 g/mol. The monoisotopic (exact) mass is 464 g/mol. The number of fused-ring (bicyclic) bond motifs is 2. The molecule has 3 aromatic rings. The second-order valence-electron chi connectivity index (χ2n) is 7.76. The molecule has 1 fully saturated rings. The summed E-state index contributed by atoms with van der Waals surface area (Å²) in [6.45, 7) is 4.75. The maximum atomic E-state index is 13.4. The number of likely N-dealkylation sites (N-methyl/N-ethyl adjacent to an activating group) is 1. The standard InChI is InChI=1S/C21H24N4O2S2.ClH/c1-23-10-12-24(13-11-23)21-18-14-20(28-19(18)6-8-22-21)29(26,27)25-9-7-16-4-2-3-5-17(16)15-25;/h2-6,8,14H,7,9-13,15H2,1H3;1H. The summed E-state index contributed by atoms with van der Waals surface area (Å²) in [5, 5.41) is 0.943. The third kappa shape index (κ3) is 3.83. The molecule has 2 aromatic heterocycles. The first kappa shape index (κ1) is 21.5. The fourth-order valence-electron chi connectivity index (χ4n) is 4.13. The van der Waals surface area contributed by atoms with E-state index in [9.17, 15) is 8.42 Å². The Labute approximate surface area is 187 Å². The van der Waals surface area contributed by atoms with Crippen LogP contribution >= 0.6 is 23.7 Å². The fourth-order valence-corrected chi connectivity index (χ4v) is 7.08. The number of hydrogen-bond acceptors (Lipinski definition) is 6. The number of benzene rings is 1. The minimum Gasteiger partial charge on any atom is -0.354 e. The molecule has 2 aliphatic heterocycles. The second-order valence-corrected chi connectivity index (χ2v) is 11.0. The molecule has 30 heavy (non-hydrogen) atoms. The van der Waals surface area contributed by atoms with Crippen molar-refractivity contribution in [3.8, 4) is 0 Å². The lowest BCUT2D eigenvalue weighted by Crippen LogP contribution is -2.44. The summed E-state index contributed by atoms with van der Waals surface area (Å²) in [4.78, 5) is 9.17. The summed E-state index contributed by atoms with van der Waals surface area (Å²) in [6, 6.07) is 11.9. The highest BCUT2D eigenvalue weighted by molar-refractivity contribution is 7.91. The van der Waals surface area contributed by atoms with Gasteiger partial charge in [-0.05, 0) is 36.7 Å². The van der Waals surface area contributed by atoms with Crippen molar-refractivity contribution in [1.29, 1.82) is 0 Å². The van der Waals surface area contributed by atoms with E-state index in [2.05, 4.69) is 27.9 Å². The Hall–Kier alpha value is -1.71. The third-order valence-corrected chi connectivity index (χ3v) is 9.29. The number of aromatic nitrogens is 1. The first-order valence-corrected chi connectivity index (χ1v) is 12.2. The number of rotatable bonds is 3. The van der Waals surface area contributed by atoms with Gasteiger partial charge in [0.05, 0.1) is 0 Å². The number of pyridine rings is 1. The zero-order chi connectivity index (χ0) is 20.0. The predicted molar refractivity (Wildman–Crippen MR) is 124 cm³/mol. The van der Waals surface area contributed by atoms with Crippen molar-refractivity contribution in [2.24, 2.45) is 0 Å². The van der Waals surface area contributed by atoms with E-state index in [1.165, 1.54) is 16.9 Å². The summed E-state index contributed by atoms with van der Waals surface area (Å²) in [5.41, 5.74) is 2.35. The van der Waals surface area contributed by atoms with Gasteiger partial charge in [-0.2, -0.15) is 4.31 Å². The van der Waals surface area contributed by atoms with E-state index >= 15 is 0 Å². The molecule has 0 amide bonds. The van der Waals surface area contributed by atoms with Crippen LogP contribution in [0.5, 0.6) is 0 Å². The van der Waals surface area contributed by atoms with E-state index in [1.54, 1.807) is 10.5 Å². The minimum atomic E-state index is -3.53. The summed E-state index contributed by atoms with van der Waals surface area (Å²) >= 11 is 1.35. The van der Waals surface area contributed by atoms with Crippen LogP contribution in [0.3, 0.4) is 0 Å². The highest BCUT2D eigenvalue weighted by Gasteiger charge is 2.30. The van der Waals surface area contributed by atoms with Crippen LogP contribution < -0.4 is 4.90 Å². The largest absolute Gasteiger partial charge is 0.354 e. The zero-order valence-corrected chi connectivity index (χ0v) is 19.3. The molecule has 9 heteroatoms. The van der Waals surface area contributed by atoms with Gasteiger partial charge >= 0.3 is 0 Å². The second kappa shape index (κ2) is 8.43. The van der Waals surface area contributed by atoms with Gasteiger partial charge in [-0.15, -0.1) is 23.7 Å². The Morgan fingerprint density at radius 2 is 1.73 bits per heavy atom. The average Bonchev–Trinajstić information content (AvgIpc) is 3.19. The number of hydrogen-bond donors (Lipinski definition) is 0. The molecule has 4 heterocycles. The molecule has 0 aliphatic carbocycles. The molecule has 0 N–H and O–H groups in total. The first-order valence-electron chi connectivity index (χ1n) is 9.91. The summed E-state index contributed by atoms with van der Waals surface area (Å²) in [5.74, 6) is 0.900. The first-order chi connectivity index (χ1) is 14.0. The normalized spacial score (nSPS) is 18.2. The highest BCUT2D eigenvalue weighted by Crippen LogP contribution is 2.36. The SMILES string of the molecule is CN1CCN(c2nccc3sc(S(=O)(=O)N4CCc5ccccc5C4)cc23)CC1.Cl. The molecular formula is C21H25ClN4O2S2. The molecule has 6 nitrogen and oxygen atoms in total. The maximum Gasteiger partial charge on any atom is 0.252 e. The molecule has 5 rings (SSSR count). The van der Waals surface area contributed by atoms with Gasteiger partial charge in [0.1, 0.15) is 10.0 Å². The van der Waals surface area contributed by atoms with Gasteiger partial charge in [-0.1, -0.05) is 24.3 Å². The number of halogens is 1. The lowest BCUT2D eigenvalue weighted by molar-refractivity contribution is 0.312. The van der Waals surface area contributed by atoms with E-state index in [4.69, 9.17) is 0 Å². The van der Waals surface area contributed by atoms with Crippen LogP contribution in [-0.2, 0) is 23.0 Å². The molecule has 2 aliphatic rings. The number of nitrogens with zero attached hydrogens (tertiary/aromatic N) is 4. The van der Waals surface area contributed by atoms with Gasteiger partial charge in [0.25, 0.3) is 10.0 Å². The number of piperazine rings is 1. The van der Waals surface area contributed by atoms with Gasteiger partial charge in [-0.25, -0.2) is 13.4 Å². The van der Waals surface area contributed by atoms with E-state index < -0.39 is 10.0 Å². The Kier molecular flexibility index (Phi) is 6.05. The van der Waals surface area contributed by atoms with Crippen molar-refractivity contribution in [3.05, 3.63) is 53.7 Å². The van der Waals surface area contributed by atoms with Crippen molar-refractivity contribution in [2.75, 3.05) is 44.7 Å². The molecule has 1 saturated heterocycles. The van der Waals surface area contributed by atoms with E-state index in [0.29, 0.717) is 17.3 Å². The van der Waals surface area contributed by atoms with Crippen molar-refractivity contribution >= 4 is 49.7 Å². The molecule has 1 aromatic carbocycles. The maximum absolute atomic E-state index is 13.4. The van der Waals surface area contributed by atoms with Gasteiger partial charge in [-0.3, -0.25) is 0 Å². The van der Waals surface area contributed by atoms with Crippen LogP contribution in [0.4, 0.5) is 5.82 Å². The molecule has 160 valence electrons. The summed E-state index contributed by atoms with van der Waals surface area (Å²) in [6.07, 6.45) is 2.55. The number of thiophene rings is 1. The van der Waals surface area contributed by atoms with Crippen LogP contribution in [0, 0.1) is 0 Å². The van der Waals surface area contributed by atoms with Crippen LogP contribution in [0.2, 0.25) is 0 Å². The van der Waals surface area contributed by atoms with Gasteiger partial charge in [0.2, 0.25) is 0 Å². The van der Waals surface area contributed by atoms with Crippen LogP contribution in [0.15, 0.2) is 46.8 Å². The third-order valence-electron chi connectivity index (χ3n) is 5.89. The summed E-state index contributed by atoms with van der Waals surface area (Å²) in [7, 11) is -1.40. The van der Waals surface area contributed by atoms with Gasteiger partial charge in [0, 0.05) is 55.6 Å². The number of anilines is 1. The van der Waals surface area contributed by atoms with E-state index in [-0.39, 0.29) is 12.4 Å². The van der Waals surface area contributed by atoms with Gasteiger partial charge < -0.3 is 9.80 Å². The Morgan fingerprint density at radius 3 is 2.50 bits per heavy atom. The average molecular weight is 465 g/mol. The van der Waals surface area contributed by atoms with Crippen LogP contribution in [-0.4, -0.2) is 62.4 Å². The molecule has 0 radical (unpaired) electrons. The van der Waals surface area contributed by atoms with Gasteiger partial charge in [0.15, 0.2) is 0 Å². The minimum absolute atomic E-state index is 0. The molecule has 0 spiro atoms. The van der Waals surface area contributed by atoms with Crippen LogP contribution in [0.1, 0.15) is 11.1 Å². The molecule has 0 bridgehead atoms. The smallest absolute Gasteiger partial charge is 0.252 e. The zero-order valence-electron chi connectivity index (χ0n) is 16.8. The summed E-state index contributed by atoms with van der Waals surface area (Å²) < 4.78 is 29.8. The number of sulfonamides is 1. The van der Waals surface area contributed by atoms with Crippen molar-refractivity contribution in [3.63, 3.8) is 0 Å². The predicted octanol–water partition coefficient (Wildman–Crippen LogP) is 3.22. The van der Waals surface area contributed by atoms with Crippen molar-refractivity contribution in [1.82, 2.24) is 14.2 Å². The molecule has 0 saturated carbocycles. The van der Waals surface area contributed by atoms with Crippen molar-refractivity contribution < 1.29 is 8.42 Å². The topological polar surface area (TPSA) is 56.8 Å². The lowest BCUT2D eigenvalue weighted by atomic mass is 10.0. The molecule has 0 atom stereocenters. The Bertz CT molecular complexity index is 1160. The van der Waals surface area contributed by atoms with E-state index in [1.807, 2.05) is 30.3 Å². The molecule has 0 unspecified atom stereocenters. The quantitative estimate of drug-likeness (QED) is 0.595. The lowest BCUT2D eigenvalue weighted by Gasteiger charge is -2.33. The highest BCUT2D eigenvalue weighted by atomic mass is 35.5. The fraction of sp³-hybridized carbons (Fsp3) is 0.381. The Balaban J connectivity index is 0.00000218. The Morgan fingerprint density at radius 1 is 1.00 bits per heavy atom. The van der Waals surface area contributed by atoms with Crippen molar-refractivity contribution in [2.45, 2.75) is 17.2 Å². The van der Waals surface area contributed by atoms with Crippen LogP contribution in [0.25, 0.3) is 10.1 Å². The van der Waals surface area contributed by atoms with E-state index in [0.717, 1.165) is 54.1 Å².